The van der Waals surface area contributed by atoms with Crippen LogP contribution in [0.4, 0.5) is 0 Å². The molecule has 6 aromatic carbocycles. The molecule has 10 rings (SSSR count). The van der Waals surface area contributed by atoms with E-state index in [9.17, 15) is 0 Å². The highest BCUT2D eigenvalue weighted by atomic mass is 16.8. The van der Waals surface area contributed by atoms with Crippen LogP contribution in [0.5, 0.6) is 0 Å². The van der Waals surface area contributed by atoms with Gasteiger partial charge in [-0.1, -0.05) is 187 Å². The molecule has 2 saturated heterocycles. The van der Waals surface area contributed by atoms with Gasteiger partial charge >= 0.3 is 0 Å². The van der Waals surface area contributed by atoms with Gasteiger partial charge in [-0.15, -0.1) is 5.10 Å². The van der Waals surface area contributed by atoms with Crippen LogP contribution in [-0.2, 0) is 105 Å². The second-order valence-corrected chi connectivity index (χ2v) is 18.4. The molecule has 7 aromatic rings. The molecule has 0 spiro atoms. The minimum absolute atomic E-state index is 0.0880. The number of hydrogen-bond donors (Lipinski definition) is 0. The summed E-state index contributed by atoms with van der Waals surface area (Å²) < 4.78 is 78.9. The van der Waals surface area contributed by atoms with Crippen LogP contribution in [0.2, 0.25) is 0 Å². The van der Waals surface area contributed by atoms with Crippen LogP contribution >= 0.6 is 0 Å². The zero-order valence-electron chi connectivity index (χ0n) is 40.8. The lowest BCUT2D eigenvalue weighted by Crippen LogP contribution is -2.65. The summed E-state index contributed by atoms with van der Waals surface area (Å²) in [6.07, 6.45) is -4.90. The summed E-state index contributed by atoms with van der Waals surface area (Å²) in [4.78, 5) is 0. The minimum Gasteiger partial charge on any atom is -0.377 e. The Kier molecular flexibility index (Phi) is 17.9. The maximum atomic E-state index is 7.59. The number of ether oxygens (including phenoxy) is 11. The Morgan fingerprint density at radius 1 is 0.466 bits per heavy atom. The fourth-order valence-electron chi connectivity index (χ4n) is 9.36. The number of nitrogens with zero attached hydrogens (tertiary/aromatic N) is 3. The lowest BCUT2D eigenvalue weighted by molar-refractivity contribution is -0.398. The number of rotatable bonds is 19. The zero-order valence-corrected chi connectivity index (χ0v) is 40.8. The smallest absolute Gasteiger partial charge is 0.224 e. The van der Waals surface area contributed by atoms with Gasteiger partial charge in [0.15, 0.2) is 6.29 Å². The molecular weight excluding hydrogens is 927 g/mol. The van der Waals surface area contributed by atoms with E-state index >= 15 is 0 Å². The maximum absolute atomic E-state index is 7.59. The van der Waals surface area contributed by atoms with E-state index in [1.54, 1.807) is 4.68 Å². The van der Waals surface area contributed by atoms with Crippen LogP contribution in [-0.4, -0.2) is 96.2 Å². The molecule has 73 heavy (non-hydrogen) atoms. The molecule has 3 aliphatic rings. The van der Waals surface area contributed by atoms with E-state index in [4.69, 9.17) is 52.1 Å². The Morgan fingerprint density at radius 2 is 0.918 bits per heavy atom. The van der Waals surface area contributed by atoms with Crippen molar-refractivity contribution < 1.29 is 52.1 Å². The van der Waals surface area contributed by atoms with Crippen molar-refractivity contribution in [2.75, 3.05) is 26.4 Å². The highest BCUT2D eigenvalue weighted by Gasteiger charge is 2.62. The molecule has 380 valence electrons. The summed E-state index contributed by atoms with van der Waals surface area (Å²) in [5.41, 5.74) is 6.45. The Labute approximate surface area is 426 Å². The third kappa shape index (κ3) is 13.8. The van der Waals surface area contributed by atoms with E-state index in [1.165, 1.54) is 0 Å². The fourth-order valence-corrected chi connectivity index (χ4v) is 9.36. The predicted molar refractivity (Wildman–Crippen MR) is 269 cm³/mol. The molecule has 0 radical (unpaired) electrons. The predicted octanol–water partition coefficient (Wildman–Crippen LogP) is 8.81. The molecule has 2 fully saturated rings. The Bertz CT molecular complexity index is 2660. The monoisotopic (exact) mass is 989 g/mol. The molecule has 9 atom stereocenters. The molecule has 0 N–H and O–H groups in total. The van der Waals surface area contributed by atoms with Crippen molar-refractivity contribution in [3.8, 4) is 0 Å². The van der Waals surface area contributed by atoms with Gasteiger partial charge < -0.3 is 52.1 Å². The molecule has 0 unspecified atom stereocenters. The second-order valence-electron chi connectivity index (χ2n) is 18.4. The number of fused-ring (bicyclic) bond motifs is 6. The van der Waals surface area contributed by atoms with Crippen LogP contribution < -0.4 is 0 Å². The van der Waals surface area contributed by atoms with Gasteiger partial charge in [0.2, 0.25) is 5.79 Å². The van der Waals surface area contributed by atoms with Crippen molar-refractivity contribution in [2.45, 2.75) is 108 Å². The average molecular weight is 990 g/mol. The molecular formula is C59H63N3O11. The standard InChI is InChI=1S/C59H63N3O11/c1-7-19-44(20-8-1)34-65-43-59-57(70-39-49-29-17-6-18-30-49)54(67-36-46-23-11-3-12-24-46)52(72-59)42-64-40-50-33-62(61-60-50)31-32-63-41-51-53(66-35-45-21-9-2-10-22-45)55(68-37-47-25-13-4-14-26-47)56(58(71-51)73-59)69-38-48-27-15-5-16-28-48/h1-30,33,51-58H,31-32,34-43H2/t51-,52+,53-,54-,55+,56-,57+,58-,59+/m1/s1. The van der Waals surface area contributed by atoms with Crippen molar-refractivity contribution >= 4 is 0 Å². The minimum atomic E-state index is -1.71. The van der Waals surface area contributed by atoms with Gasteiger partial charge in [0.05, 0.1) is 78.8 Å². The summed E-state index contributed by atoms with van der Waals surface area (Å²) in [7, 11) is 0. The molecule has 1 aromatic heterocycles. The van der Waals surface area contributed by atoms with Gasteiger partial charge in [0.25, 0.3) is 0 Å². The van der Waals surface area contributed by atoms with Gasteiger partial charge in [-0.25, -0.2) is 4.68 Å². The van der Waals surface area contributed by atoms with Gasteiger partial charge in [0.1, 0.15) is 55.0 Å². The molecule has 4 heterocycles. The molecule has 6 bridgehead atoms. The van der Waals surface area contributed by atoms with Crippen molar-refractivity contribution in [1.29, 1.82) is 0 Å². The Morgan fingerprint density at radius 3 is 1.45 bits per heavy atom. The summed E-state index contributed by atoms with van der Waals surface area (Å²) >= 11 is 0. The quantitative estimate of drug-likeness (QED) is 0.0766. The van der Waals surface area contributed by atoms with E-state index < -0.39 is 54.8 Å². The first-order valence-electron chi connectivity index (χ1n) is 25.1. The molecule has 3 aliphatic heterocycles. The largest absolute Gasteiger partial charge is 0.377 e. The van der Waals surface area contributed by atoms with Gasteiger partial charge in [-0.05, 0) is 33.4 Å². The second kappa shape index (κ2) is 25.8. The van der Waals surface area contributed by atoms with Crippen LogP contribution in [0.1, 0.15) is 39.1 Å². The lowest BCUT2D eigenvalue weighted by atomic mass is 9.97. The van der Waals surface area contributed by atoms with E-state index in [2.05, 4.69) is 10.3 Å². The van der Waals surface area contributed by atoms with Crippen LogP contribution in [0.25, 0.3) is 0 Å². The topological polar surface area (TPSA) is 132 Å². The maximum Gasteiger partial charge on any atom is 0.224 e. The van der Waals surface area contributed by atoms with Crippen molar-refractivity contribution in [2.24, 2.45) is 0 Å². The first kappa shape index (κ1) is 50.5. The van der Waals surface area contributed by atoms with Crippen molar-refractivity contribution in [3.05, 3.63) is 227 Å². The summed E-state index contributed by atoms with van der Waals surface area (Å²) in [6, 6.07) is 60.1. The molecule has 14 nitrogen and oxygen atoms in total. The molecule has 14 heteroatoms. The Hall–Kier alpha value is -5.98. The van der Waals surface area contributed by atoms with Gasteiger partial charge in [-0.3, -0.25) is 0 Å². The summed E-state index contributed by atoms with van der Waals surface area (Å²) in [5, 5.41) is 8.79. The third-order valence-electron chi connectivity index (χ3n) is 13.0. The molecule has 0 amide bonds. The Balaban J connectivity index is 1.08. The van der Waals surface area contributed by atoms with Gasteiger partial charge in [-0.2, -0.15) is 0 Å². The molecule has 0 saturated carbocycles. The first-order chi connectivity index (χ1) is 36.1. The highest BCUT2D eigenvalue weighted by molar-refractivity contribution is 5.19. The van der Waals surface area contributed by atoms with E-state index in [0.29, 0.717) is 18.8 Å². The van der Waals surface area contributed by atoms with Crippen molar-refractivity contribution in [1.82, 2.24) is 15.0 Å². The normalized spacial score (nSPS) is 25.5. The van der Waals surface area contributed by atoms with Crippen LogP contribution in [0.3, 0.4) is 0 Å². The fraction of sp³-hybridized carbons (Fsp3) is 0.356. The summed E-state index contributed by atoms with van der Waals surface area (Å²) in [5.74, 6) is -1.71. The SMILES string of the molecule is c1ccc(COC[C@@]23O[C@H]4O[C@H](COCCn5cc(nn5)COC[C@H](O2)[C@@H](OCc2ccccc2)[C@@H]3OCc2ccccc2)[C@@H](OCc2ccccc2)[C@H](OCc2ccccc2)[C@H]4OCc2ccccc2)cc1. The van der Waals surface area contributed by atoms with Crippen LogP contribution in [0, 0.1) is 0 Å². The zero-order chi connectivity index (χ0) is 49.3. The lowest BCUT2D eigenvalue weighted by Gasteiger charge is -2.48. The summed E-state index contributed by atoms with van der Waals surface area (Å²) in [6.45, 7) is 2.44. The average Bonchev–Trinajstić information content (AvgIpc) is 4.01. The van der Waals surface area contributed by atoms with E-state index in [1.807, 2.05) is 188 Å². The van der Waals surface area contributed by atoms with Gasteiger partial charge in [0, 0.05) is 0 Å². The number of benzene rings is 6. The number of aromatic nitrogens is 3. The number of hydrogen-bond acceptors (Lipinski definition) is 13. The third-order valence-corrected chi connectivity index (χ3v) is 13.0. The van der Waals surface area contributed by atoms with Crippen LogP contribution in [0.15, 0.2) is 188 Å². The molecule has 0 aliphatic carbocycles. The van der Waals surface area contributed by atoms with E-state index in [0.717, 1.165) is 33.4 Å². The highest BCUT2D eigenvalue weighted by Crippen LogP contribution is 2.42. The van der Waals surface area contributed by atoms with Crippen molar-refractivity contribution in [3.63, 3.8) is 0 Å². The first-order valence-corrected chi connectivity index (χ1v) is 25.1. The van der Waals surface area contributed by atoms with E-state index in [-0.39, 0.29) is 66.1 Å².